The van der Waals surface area contributed by atoms with Crippen LogP contribution in [0.15, 0.2) is 41.0 Å². The second kappa shape index (κ2) is 6.23. The van der Waals surface area contributed by atoms with Crippen molar-refractivity contribution in [1.82, 2.24) is 0 Å². The average Bonchev–Trinajstić information content (AvgIpc) is 2.35. The van der Waals surface area contributed by atoms with Crippen molar-refractivity contribution < 1.29 is 14.3 Å². The minimum atomic E-state index is -0.476. The van der Waals surface area contributed by atoms with Crippen molar-refractivity contribution in [3.8, 4) is 5.75 Å². The molecule has 0 aliphatic heterocycles. The summed E-state index contributed by atoms with van der Waals surface area (Å²) in [5.41, 5.74) is 0. The van der Waals surface area contributed by atoms with Crippen molar-refractivity contribution in [2.24, 2.45) is 0 Å². The SMILES string of the molecule is C/C=C(\Oc1ccc(SC)cc1)C(=O)OC. The van der Waals surface area contributed by atoms with Gasteiger partial charge in [-0.1, -0.05) is 0 Å². The Morgan fingerprint density at radius 1 is 1.31 bits per heavy atom. The van der Waals surface area contributed by atoms with E-state index in [1.807, 2.05) is 30.5 Å². The number of esters is 1. The van der Waals surface area contributed by atoms with E-state index in [1.54, 1.807) is 24.8 Å². The molecule has 1 aromatic rings. The molecule has 0 heterocycles. The third-order valence-corrected chi connectivity index (χ3v) is 2.68. The molecule has 0 aliphatic rings. The van der Waals surface area contributed by atoms with E-state index in [0.29, 0.717) is 5.75 Å². The first-order chi connectivity index (χ1) is 7.71. The van der Waals surface area contributed by atoms with Crippen molar-refractivity contribution in [2.45, 2.75) is 11.8 Å². The predicted molar refractivity (Wildman–Crippen MR) is 64.6 cm³/mol. The highest BCUT2D eigenvalue weighted by atomic mass is 32.2. The molecule has 16 heavy (non-hydrogen) atoms. The number of carbonyl (C=O) groups excluding carboxylic acids is 1. The van der Waals surface area contributed by atoms with Gasteiger partial charge in [0.2, 0.25) is 5.76 Å². The molecule has 1 aromatic carbocycles. The Hall–Kier alpha value is -1.42. The number of hydrogen-bond donors (Lipinski definition) is 0. The normalized spacial score (nSPS) is 11.1. The van der Waals surface area contributed by atoms with Crippen LogP contribution in [0.1, 0.15) is 6.92 Å². The van der Waals surface area contributed by atoms with Crippen molar-refractivity contribution in [2.75, 3.05) is 13.4 Å². The molecule has 1 rings (SSSR count). The van der Waals surface area contributed by atoms with Gasteiger partial charge in [-0.3, -0.25) is 0 Å². The van der Waals surface area contributed by atoms with E-state index in [-0.39, 0.29) is 5.76 Å². The zero-order valence-electron chi connectivity index (χ0n) is 9.52. The van der Waals surface area contributed by atoms with Crippen LogP contribution in [0.25, 0.3) is 0 Å². The van der Waals surface area contributed by atoms with Crippen molar-refractivity contribution in [1.29, 1.82) is 0 Å². The maximum atomic E-state index is 11.3. The number of ether oxygens (including phenoxy) is 2. The number of benzene rings is 1. The number of rotatable bonds is 4. The third kappa shape index (κ3) is 3.31. The first kappa shape index (κ1) is 12.6. The van der Waals surface area contributed by atoms with Gasteiger partial charge in [0, 0.05) is 4.90 Å². The van der Waals surface area contributed by atoms with Crippen LogP contribution in [-0.2, 0) is 9.53 Å². The van der Waals surface area contributed by atoms with E-state index < -0.39 is 5.97 Å². The summed E-state index contributed by atoms with van der Waals surface area (Å²) in [5, 5.41) is 0. The highest BCUT2D eigenvalue weighted by Crippen LogP contribution is 2.20. The zero-order chi connectivity index (χ0) is 12.0. The zero-order valence-corrected chi connectivity index (χ0v) is 10.3. The molecule has 0 bridgehead atoms. The molecular weight excluding hydrogens is 224 g/mol. The maximum Gasteiger partial charge on any atom is 0.373 e. The minimum absolute atomic E-state index is 0.194. The summed E-state index contributed by atoms with van der Waals surface area (Å²) in [6, 6.07) is 7.51. The first-order valence-electron chi connectivity index (χ1n) is 4.77. The molecule has 3 nitrogen and oxygen atoms in total. The summed E-state index contributed by atoms with van der Waals surface area (Å²) in [6.07, 6.45) is 3.58. The lowest BCUT2D eigenvalue weighted by molar-refractivity contribution is -0.138. The van der Waals surface area contributed by atoms with Gasteiger partial charge in [0.05, 0.1) is 7.11 Å². The molecule has 86 valence electrons. The second-order valence-corrected chi connectivity index (χ2v) is 3.80. The van der Waals surface area contributed by atoms with Gasteiger partial charge in [-0.05, 0) is 43.5 Å². The molecular formula is C12H14O3S. The Bertz CT molecular complexity index is 382. The molecule has 0 saturated carbocycles. The maximum absolute atomic E-state index is 11.3. The Labute approximate surface area is 99.4 Å². The summed E-state index contributed by atoms with van der Waals surface area (Å²) >= 11 is 1.65. The van der Waals surface area contributed by atoms with Crippen LogP contribution in [0.4, 0.5) is 0 Å². The van der Waals surface area contributed by atoms with Gasteiger partial charge in [0.15, 0.2) is 0 Å². The Morgan fingerprint density at radius 3 is 2.38 bits per heavy atom. The molecule has 0 amide bonds. The van der Waals surface area contributed by atoms with Crippen molar-refractivity contribution >= 4 is 17.7 Å². The van der Waals surface area contributed by atoms with Gasteiger partial charge in [-0.15, -0.1) is 11.8 Å². The van der Waals surface area contributed by atoms with Crippen LogP contribution in [-0.4, -0.2) is 19.3 Å². The molecule has 0 N–H and O–H groups in total. The lowest BCUT2D eigenvalue weighted by Gasteiger charge is -2.07. The molecule has 0 aliphatic carbocycles. The van der Waals surface area contributed by atoms with Crippen molar-refractivity contribution in [3.05, 3.63) is 36.1 Å². The smallest absolute Gasteiger partial charge is 0.373 e. The van der Waals surface area contributed by atoms with E-state index in [2.05, 4.69) is 4.74 Å². The second-order valence-electron chi connectivity index (χ2n) is 2.92. The lowest BCUT2D eigenvalue weighted by Crippen LogP contribution is -2.10. The van der Waals surface area contributed by atoms with E-state index in [1.165, 1.54) is 7.11 Å². The molecule has 0 atom stereocenters. The van der Waals surface area contributed by atoms with Crippen LogP contribution in [0, 0.1) is 0 Å². The van der Waals surface area contributed by atoms with Crippen molar-refractivity contribution in [3.63, 3.8) is 0 Å². The van der Waals surface area contributed by atoms with Gasteiger partial charge >= 0.3 is 5.97 Å². The molecule has 0 saturated heterocycles. The fourth-order valence-corrected chi connectivity index (χ4v) is 1.50. The minimum Gasteiger partial charge on any atom is -0.463 e. The highest BCUT2D eigenvalue weighted by Gasteiger charge is 2.10. The van der Waals surface area contributed by atoms with Gasteiger partial charge in [0.25, 0.3) is 0 Å². The van der Waals surface area contributed by atoms with Gasteiger partial charge in [-0.2, -0.15) is 0 Å². The molecule has 0 spiro atoms. The van der Waals surface area contributed by atoms with E-state index in [9.17, 15) is 4.79 Å². The number of methoxy groups -OCH3 is 1. The van der Waals surface area contributed by atoms with Crippen LogP contribution in [0.2, 0.25) is 0 Å². The topological polar surface area (TPSA) is 35.5 Å². The number of allylic oxidation sites excluding steroid dienone is 1. The summed E-state index contributed by atoms with van der Waals surface area (Å²) in [6.45, 7) is 1.72. The summed E-state index contributed by atoms with van der Waals surface area (Å²) in [7, 11) is 1.33. The Morgan fingerprint density at radius 2 is 1.94 bits per heavy atom. The number of carbonyl (C=O) groups is 1. The lowest BCUT2D eigenvalue weighted by atomic mass is 10.3. The van der Waals surface area contributed by atoms with E-state index in [0.717, 1.165) is 4.90 Å². The van der Waals surface area contributed by atoms with Gasteiger partial charge in [0.1, 0.15) is 5.75 Å². The van der Waals surface area contributed by atoms with Crippen LogP contribution in [0.5, 0.6) is 5.75 Å². The Balaban J connectivity index is 2.75. The molecule has 0 unspecified atom stereocenters. The van der Waals surface area contributed by atoms with Gasteiger partial charge < -0.3 is 9.47 Å². The van der Waals surface area contributed by atoms with Crippen LogP contribution in [0.3, 0.4) is 0 Å². The quantitative estimate of drug-likeness (QED) is 0.350. The molecule has 0 fully saturated rings. The van der Waals surface area contributed by atoms with Crippen LogP contribution >= 0.6 is 11.8 Å². The first-order valence-corrected chi connectivity index (χ1v) is 6.00. The highest BCUT2D eigenvalue weighted by molar-refractivity contribution is 7.98. The largest absolute Gasteiger partial charge is 0.463 e. The van der Waals surface area contributed by atoms with E-state index in [4.69, 9.17) is 4.74 Å². The fraction of sp³-hybridized carbons (Fsp3) is 0.250. The van der Waals surface area contributed by atoms with Gasteiger partial charge in [-0.25, -0.2) is 4.79 Å². The summed E-state index contributed by atoms with van der Waals surface area (Å²) < 4.78 is 9.98. The summed E-state index contributed by atoms with van der Waals surface area (Å²) in [5.74, 6) is 0.340. The third-order valence-electron chi connectivity index (χ3n) is 1.94. The Kier molecular flexibility index (Phi) is 4.92. The standard InChI is InChI=1S/C12H14O3S/c1-4-11(12(13)14-2)15-9-5-7-10(16-3)8-6-9/h4-8H,1-3H3/b11-4-. The monoisotopic (exact) mass is 238 g/mol. The molecule has 4 heteroatoms. The summed E-state index contributed by atoms with van der Waals surface area (Å²) in [4.78, 5) is 12.4. The van der Waals surface area contributed by atoms with E-state index >= 15 is 0 Å². The molecule has 0 radical (unpaired) electrons. The van der Waals surface area contributed by atoms with Crippen LogP contribution < -0.4 is 4.74 Å². The number of hydrogen-bond acceptors (Lipinski definition) is 4. The predicted octanol–water partition coefficient (Wildman–Crippen LogP) is 2.86. The fourth-order valence-electron chi connectivity index (χ4n) is 1.09. The molecule has 0 aromatic heterocycles. The number of thioether (sulfide) groups is 1. The average molecular weight is 238 g/mol.